The summed E-state index contributed by atoms with van der Waals surface area (Å²) in [5.41, 5.74) is 0. The SMILES string of the molecule is C1CCC2C(C1)CCCC2C1CCC(N(C2CCCC(C3CCCC4C5CCC6SC7CCCCC7C6C5SC34)C2)C2CCCC3C4CCCCC4CC32)CC1. The summed E-state index contributed by atoms with van der Waals surface area (Å²) in [6.45, 7) is 0. The summed E-state index contributed by atoms with van der Waals surface area (Å²) in [5, 5.41) is 4.17. The van der Waals surface area contributed by atoms with Crippen molar-refractivity contribution < 1.29 is 0 Å². The zero-order valence-corrected chi connectivity index (χ0v) is 37.6. The number of rotatable bonds is 5. The summed E-state index contributed by atoms with van der Waals surface area (Å²) in [7, 11) is 0. The van der Waals surface area contributed by atoms with Crippen molar-refractivity contribution in [3.8, 4) is 0 Å². The fraction of sp³-hybridized carbons (Fsp3) is 1.00. The molecule has 0 amide bonds. The number of fused-ring (bicyclic) bond motifs is 11. The predicted octanol–water partition coefficient (Wildman–Crippen LogP) is 14.6. The van der Waals surface area contributed by atoms with Crippen molar-refractivity contribution in [3.63, 3.8) is 0 Å². The van der Waals surface area contributed by atoms with E-state index >= 15 is 0 Å². The average Bonchev–Trinajstić information content (AvgIpc) is 3.96. The molecule has 0 aromatic carbocycles. The normalized spacial score (nSPS) is 55.6. The quantitative estimate of drug-likeness (QED) is 0.273. The van der Waals surface area contributed by atoms with E-state index in [9.17, 15) is 0 Å². The minimum atomic E-state index is 0.923. The molecule has 56 heavy (non-hydrogen) atoms. The molecule has 1 nitrogen and oxygen atoms in total. The standard InChI is InChI=1S/C53H85NS2/c1-3-16-39-33(11-1)13-8-19-40(39)34-25-27-37(28-26-34)54(48-23-10-21-43-41-17-4-2-12-36(41)32-47(43)48)38-15-7-14-35(31-38)42-20-9-22-44-45-29-30-50-51(53(45)56-52(42)44)46-18-5-6-24-49(46)55-50/h33-53H,1-32H2. The van der Waals surface area contributed by atoms with E-state index < -0.39 is 0 Å². The molecule has 12 fully saturated rings. The van der Waals surface area contributed by atoms with Crippen molar-refractivity contribution in [1.29, 1.82) is 0 Å². The Morgan fingerprint density at radius 2 is 0.857 bits per heavy atom. The zero-order chi connectivity index (χ0) is 36.7. The molecule has 10 aliphatic carbocycles. The van der Waals surface area contributed by atoms with Crippen molar-refractivity contribution in [3.05, 3.63) is 0 Å². The minimum absolute atomic E-state index is 0.923. The van der Waals surface area contributed by atoms with Gasteiger partial charge in [-0.25, -0.2) is 0 Å². The summed E-state index contributed by atoms with van der Waals surface area (Å²) in [6.07, 6.45) is 50.7. The molecule has 12 rings (SSSR count). The van der Waals surface area contributed by atoms with E-state index in [-0.39, 0.29) is 0 Å². The fourth-order valence-electron chi connectivity index (χ4n) is 20.1. The minimum Gasteiger partial charge on any atom is -0.294 e. The molecule has 2 aliphatic heterocycles. The number of hydrogen-bond donors (Lipinski definition) is 0. The lowest BCUT2D eigenvalue weighted by atomic mass is 9.59. The van der Waals surface area contributed by atoms with Crippen molar-refractivity contribution in [1.82, 2.24) is 4.90 Å². The second-order valence-corrected chi connectivity index (χ2v) is 26.8. The van der Waals surface area contributed by atoms with Crippen LogP contribution in [-0.2, 0) is 0 Å². The molecule has 0 radical (unpaired) electrons. The maximum Gasteiger partial charge on any atom is 0.0132 e. The highest BCUT2D eigenvalue weighted by atomic mass is 32.2. The van der Waals surface area contributed by atoms with Crippen molar-refractivity contribution in [2.75, 3.05) is 0 Å². The maximum absolute atomic E-state index is 3.52. The van der Waals surface area contributed by atoms with E-state index in [4.69, 9.17) is 0 Å². The first-order chi connectivity index (χ1) is 27.8. The van der Waals surface area contributed by atoms with Crippen molar-refractivity contribution >= 4 is 23.5 Å². The Morgan fingerprint density at radius 1 is 0.286 bits per heavy atom. The maximum atomic E-state index is 3.52. The van der Waals surface area contributed by atoms with Crippen LogP contribution in [0.1, 0.15) is 205 Å². The fourth-order valence-corrected chi connectivity index (χ4v) is 24.9. The summed E-state index contributed by atoms with van der Waals surface area (Å²) >= 11 is 5.22. The van der Waals surface area contributed by atoms with Gasteiger partial charge in [0.15, 0.2) is 0 Å². The van der Waals surface area contributed by atoms with Gasteiger partial charge in [0.25, 0.3) is 0 Å². The van der Waals surface area contributed by atoms with E-state index in [1.165, 1.54) is 6.42 Å². The molecule has 2 saturated heterocycles. The van der Waals surface area contributed by atoms with Crippen LogP contribution in [0, 0.1) is 82.9 Å². The third-order valence-electron chi connectivity index (χ3n) is 22.1. The van der Waals surface area contributed by atoms with Gasteiger partial charge in [-0.15, -0.1) is 0 Å². The second-order valence-electron chi connectivity index (χ2n) is 24.0. The zero-order valence-electron chi connectivity index (χ0n) is 36.0. The Kier molecular flexibility index (Phi) is 11.2. The van der Waals surface area contributed by atoms with Crippen LogP contribution in [0.5, 0.6) is 0 Å². The molecular formula is C53H85NS2. The number of hydrogen-bond acceptors (Lipinski definition) is 3. The first-order valence-corrected chi connectivity index (χ1v) is 28.7. The van der Waals surface area contributed by atoms with Crippen molar-refractivity contribution in [2.24, 2.45) is 82.9 Å². The Morgan fingerprint density at radius 3 is 1.73 bits per heavy atom. The monoisotopic (exact) mass is 800 g/mol. The van der Waals surface area contributed by atoms with Gasteiger partial charge in [0.1, 0.15) is 0 Å². The summed E-state index contributed by atoms with van der Waals surface area (Å²) in [6, 6.07) is 2.80. The molecule has 0 aromatic heterocycles. The molecule has 19 atom stereocenters. The van der Waals surface area contributed by atoms with E-state index in [1.54, 1.807) is 199 Å². The van der Waals surface area contributed by atoms with Gasteiger partial charge in [0.05, 0.1) is 0 Å². The molecule has 3 heteroatoms. The summed E-state index contributed by atoms with van der Waals surface area (Å²) in [5.74, 6) is 15.3. The van der Waals surface area contributed by atoms with Gasteiger partial charge < -0.3 is 0 Å². The van der Waals surface area contributed by atoms with Crippen LogP contribution in [0.25, 0.3) is 0 Å². The highest BCUT2D eigenvalue weighted by molar-refractivity contribution is 8.02. The highest BCUT2D eigenvalue weighted by Gasteiger charge is 2.60. The average molecular weight is 800 g/mol. The molecule has 0 bridgehead atoms. The largest absolute Gasteiger partial charge is 0.294 e. The molecular weight excluding hydrogens is 715 g/mol. The molecule has 2 heterocycles. The summed E-state index contributed by atoms with van der Waals surface area (Å²) < 4.78 is 0. The lowest BCUT2D eigenvalue weighted by Gasteiger charge is -2.54. The van der Waals surface area contributed by atoms with Crippen LogP contribution in [0.15, 0.2) is 0 Å². The highest BCUT2D eigenvalue weighted by Crippen LogP contribution is 2.66. The van der Waals surface area contributed by atoms with Crippen LogP contribution in [0.2, 0.25) is 0 Å². The Labute approximate surface area is 354 Å². The van der Waals surface area contributed by atoms with Crippen LogP contribution in [0.3, 0.4) is 0 Å². The molecule has 19 unspecified atom stereocenters. The van der Waals surface area contributed by atoms with Gasteiger partial charge in [-0.05, 0) is 198 Å². The van der Waals surface area contributed by atoms with Gasteiger partial charge in [-0.2, -0.15) is 23.5 Å². The predicted molar refractivity (Wildman–Crippen MR) is 240 cm³/mol. The Balaban J connectivity index is 0.790. The van der Waals surface area contributed by atoms with E-state index in [2.05, 4.69) is 28.4 Å². The van der Waals surface area contributed by atoms with Crippen molar-refractivity contribution in [2.45, 2.75) is 245 Å². The first-order valence-electron chi connectivity index (χ1n) is 26.8. The molecule has 0 N–H and O–H groups in total. The topological polar surface area (TPSA) is 3.24 Å². The smallest absolute Gasteiger partial charge is 0.0132 e. The van der Waals surface area contributed by atoms with Gasteiger partial charge in [-0.1, -0.05) is 89.9 Å². The lowest BCUT2D eigenvalue weighted by Crippen LogP contribution is -2.57. The molecule has 0 spiro atoms. The van der Waals surface area contributed by atoms with E-state index in [0.29, 0.717) is 0 Å². The van der Waals surface area contributed by atoms with Gasteiger partial charge in [0.2, 0.25) is 0 Å². The van der Waals surface area contributed by atoms with Gasteiger partial charge in [0, 0.05) is 39.1 Å². The van der Waals surface area contributed by atoms with Crippen LogP contribution in [0.4, 0.5) is 0 Å². The van der Waals surface area contributed by atoms with Gasteiger partial charge in [-0.3, -0.25) is 4.90 Å². The molecule has 12 aliphatic rings. The molecule has 0 aromatic rings. The Hall–Kier alpha value is 0.660. The molecule has 314 valence electrons. The number of thioether (sulfide) groups is 2. The lowest BCUT2D eigenvalue weighted by molar-refractivity contribution is -0.0430. The second kappa shape index (κ2) is 16.4. The van der Waals surface area contributed by atoms with Gasteiger partial charge >= 0.3 is 0 Å². The van der Waals surface area contributed by atoms with E-state index in [1.807, 2.05) is 0 Å². The number of nitrogens with zero attached hydrogens (tertiary/aromatic N) is 1. The summed E-state index contributed by atoms with van der Waals surface area (Å²) in [4.78, 5) is 3.52. The van der Waals surface area contributed by atoms with E-state index in [0.717, 1.165) is 122 Å². The first kappa shape index (κ1) is 38.3. The molecule has 10 saturated carbocycles. The Bertz CT molecular complexity index is 1340. The van der Waals surface area contributed by atoms with Crippen LogP contribution >= 0.6 is 23.5 Å². The van der Waals surface area contributed by atoms with Crippen LogP contribution < -0.4 is 0 Å². The third kappa shape index (κ3) is 6.75. The third-order valence-corrected chi connectivity index (χ3v) is 25.9. The van der Waals surface area contributed by atoms with Crippen LogP contribution in [-0.4, -0.2) is 44.0 Å².